The summed E-state index contributed by atoms with van der Waals surface area (Å²) in [6.45, 7) is 2.13. The second-order valence-electron chi connectivity index (χ2n) is 6.28. The molecule has 1 heterocycles. The van der Waals surface area contributed by atoms with E-state index < -0.39 is 6.04 Å². The molecule has 0 saturated carbocycles. The third-order valence-electron chi connectivity index (χ3n) is 4.51. The molecule has 0 spiro atoms. The zero-order valence-corrected chi connectivity index (χ0v) is 15.4. The minimum Gasteiger partial charge on any atom is -0.338 e. The number of piperazine rings is 1. The zero-order chi connectivity index (χ0) is 17.6. The van der Waals surface area contributed by atoms with Gasteiger partial charge in [0, 0.05) is 31.7 Å². The summed E-state index contributed by atoms with van der Waals surface area (Å²) >= 11 is 0. The van der Waals surface area contributed by atoms with Crippen LogP contribution in [-0.2, 0) is 11.2 Å². The summed E-state index contributed by atoms with van der Waals surface area (Å²) < 4.78 is 0. The maximum absolute atomic E-state index is 12.5. The molecule has 138 valence electrons. The summed E-state index contributed by atoms with van der Waals surface area (Å²) in [7, 11) is 0. The Kier molecular flexibility index (Phi) is 7.18. The molecule has 2 aromatic carbocycles. The van der Waals surface area contributed by atoms with Gasteiger partial charge in [-0.25, -0.2) is 0 Å². The van der Waals surface area contributed by atoms with E-state index in [1.165, 1.54) is 0 Å². The van der Waals surface area contributed by atoms with Gasteiger partial charge in [-0.2, -0.15) is 0 Å². The fourth-order valence-corrected chi connectivity index (χ4v) is 3.08. The molecule has 0 aromatic heterocycles. The van der Waals surface area contributed by atoms with Crippen LogP contribution in [0.2, 0.25) is 0 Å². The van der Waals surface area contributed by atoms with E-state index in [1.54, 1.807) is 9.80 Å². The number of carbonyl (C=O) groups is 2. The van der Waals surface area contributed by atoms with Crippen LogP contribution in [0.5, 0.6) is 0 Å². The smallest absolute Gasteiger partial charge is 0.253 e. The topological polar surface area (TPSA) is 66.6 Å². The average molecular weight is 374 g/mol. The number of hydrogen-bond donors (Lipinski definition) is 1. The Hall–Kier alpha value is -2.37. The SMILES string of the molecule is Cl.NC(Cc1ccccc1)C(=O)N1CCN(C(=O)c2ccccc2)CC1. The minimum atomic E-state index is -0.543. The summed E-state index contributed by atoms with van der Waals surface area (Å²) in [5.41, 5.74) is 7.83. The van der Waals surface area contributed by atoms with E-state index in [-0.39, 0.29) is 24.2 Å². The van der Waals surface area contributed by atoms with Crippen LogP contribution in [-0.4, -0.2) is 53.8 Å². The summed E-state index contributed by atoms with van der Waals surface area (Å²) in [5, 5.41) is 0. The lowest BCUT2D eigenvalue weighted by molar-refractivity contribution is -0.134. The molecule has 5 nitrogen and oxygen atoms in total. The monoisotopic (exact) mass is 373 g/mol. The molecule has 26 heavy (non-hydrogen) atoms. The lowest BCUT2D eigenvalue weighted by Crippen LogP contribution is -2.54. The van der Waals surface area contributed by atoms with Crippen molar-refractivity contribution in [2.45, 2.75) is 12.5 Å². The highest BCUT2D eigenvalue weighted by Gasteiger charge is 2.27. The molecule has 1 fully saturated rings. The fraction of sp³-hybridized carbons (Fsp3) is 0.300. The van der Waals surface area contributed by atoms with Crippen molar-refractivity contribution in [1.82, 2.24) is 9.80 Å². The van der Waals surface area contributed by atoms with Crippen LogP contribution in [0.15, 0.2) is 60.7 Å². The van der Waals surface area contributed by atoms with E-state index in [9.17, 15) is 9.59 Å². The zero-order valence-electron chi connectivity index (χ0n) is 14.6. The highest BCUT2D eigenvalue weighted by Crippen LogP contribution is 2.11. The molecule has 2 amide bonds. The van der Waals surface area contributed by atoms with Crippen molar-refractivity contribution in [3.8, 4) is 0 Å². The van der Waals surface area contributed by atoms with Crippen molar-refractivity contribution in [2.24, 2.45) is 5.73 Å². The second kappa shape index (κ2) is 9.36. The molecule has 1 atom stereocenters. The van der Waals surface area contributed by atoms with Crippen molar-refractivity contribution in [2.75, 3.05) is 26.2 Å². The Bertz CT molecular complexity index is 716. The van der Waals surface area contributed by atoms with E-state index in [2.05, 4.69) is 0 Å². The normalized spacial score (nSPS) is 15.1. The first kappa shape index (κ1) is 19.9. The van der Waals surface area contributed by atoms with E-state index in [0.717, 1.165) is 5.56 Å². The fourth-order valence-electron chi connectivity index (χ4n) is 3.08. The van der Waals surface area contributed by atoms with E-state index in [0.29, 0.717) is 38.2 Å². The van der Waals surface area contributed by atoms with Crippen LogP contribution in [0.3, 0.4) is 0 Å². The first-order valence-electron chi connectivity index (χ1n) is 8.58. The number of hydrogen-bond acceptors (Lipinski definition) is 3. The molecule has 1 saturated heterocycles. The van der Waals surface area contributed by atoms with Crippen LogP contribution >= 0.6 is 12.4 Å². The third-order valence-corrected chi connectivity index (χ3v) is 4.51. The molecule has 0 aliphatic carbocycles. The van der Waals surface area contributed by atoms with E-state index in [4.69, 9.17) is 5.73 Å². The average Bonchev–Trinajstić information content (AvgIpc) is 2.68. The van der Waals surface area contributed by atoms with Crippen molar-refractivity contribution in [3.05, 3.63) is 71.8 Å². The van der Waals surface area contributed by atoms with E-state index >= 15 is 0 Å². The molecule has 2 aromatic rings. The van der Waals surface area contributed by atoms with Gasteiger partial charge in [0.05, 0.1) is 6.04 Å². The Morgan fingerprint density at radius 3 is 1.92 bits per heavy atom. The highest BCUT2D eigenvalue weighted by molar-refractivity contribution is 5.94. The lowest BCUT2D eigenvalue weighted by atomic mass is 10.1. The largest absolute Gasteiger partial charge is 0.338 e. The number of amides is 2. The van der Waals surface area contributed by atoms with Gasteiger partial charge < -0.3 is 15.5 Å². The lowest BCUT2D eigenvalue weighted by Gasteiger charge is -2.36. The minimum absolute atomic E-state index is 0. The van der Waals surface area contributed by atoms with Gasteiger partial charge in [0.15, 0.2) is 0 Å². The van der Waals surface area contributed by atoms with Crippen molar-refractivity contribution in [3.63, 3.8) is 0 Å². The maximum atomic E-state index is 12.5. The summed E-state index contributed by atoms with van der Waals surface area (Å²) in [4.78, 5) is 28.6. The molecule has 1 unspecified atom stereocenters. The van der Waals surface area contributed by atoms with Crippen LogP contribution in [0.4, 0.5) is 0 Å². The Labute approximate surface area is 160 Å². The first-order chi connectivity index (χ1) is 12.1. The summed E-state index contributed by atoms with van der Waals surface area (Å²) in [6.07, 6.45) is 0.531. The first-order valence-corrected chi connectivity index (χ1v) is 8.58. The van der Waals surface area contributed by atoms with Crippen LogP contribution in [0, 0.1) is 0 Å². The van der Waals surface area contributed by atoms with Gasteiger partial charge in [0.25, 0.3) is 5.91 Å². The van der Waals surface area contributed by atoms with Gasteiger partial charge in [0.1, 0.15) is 0 Å². The molecule has 1 aliphatic heterocycles. The predicted octanol–water partition coefficient (Wildman–Crippen LogP) is 1.96. The van der Waals surface area contributed by atoms with Gasteiger partial charge in [-0.15, -0.1) is 12.4 Å². The molecule has 1 aliphatic rings. The van der Waals surface area contributed by atoms with E-state index in [1.807, 2.05) is 60.7 Å². The number of benzene rings is 2. The molecule has 3 rings (SSSR count). The number of halogens is 1. The molecule has 2 N–H and O–H groups in total. The third kappa shape index (κ3) is 4.84. The highest BCUT2D eigenvalue weighted by atomic mass is 35.5. The number of rotatable bonds is 4. The Morgan fingerprint density at radius 2 is 1.35 bits per heavy atom. The predicted molar refractivity (Wildman–Crippen MR) is 104 cm³/mol. The standard InChI is InChI=1S/C20H23N3O2.ClH/c21-18(15-16-7-3-1-4-8-16)20(25)23-13-11-22(12-14-23)19(24)17-9-5-2-6-10-17;/h1-10,18H,11-15,21H2;1H. The number of nitrogens with zero attached hydrogens (tertiary/aromatic N) is 2. The molecule has 0 radical (unpaired) electrons. The van der Waals surface area contributed by atoms with Crippen LogP contribution < -0.4 is 5.73 Å². The van der Waals surface area contributed by atoms with Crippen molar-refractivity contribution < 1.29 is 9.59 Å². The van der Waals surface area contributed by atoms with Gasteiger partial charge in [0.2, 0.25) is 5.91 Å². The van der Waals surface area contributed by atoms with Gasteiger partial charge in [-0.3, -0.25) is 9.59 Å². The molecule has 6 heteroatoms. The van der Waals surface area contributed by atoms with Gasteiger partial charge >= 0.3 is 0 Å². The number of carbonyl (C=O) groups excluding carboxylic acids is 2. The maximum Gasteiger partial charge on any atom is 0.253 e. The van der Waals surface area contributed by atoms with Gasteiger partial charge in [-0.1, -0.05) is 48.5 Å². The summed E-state index contributed by atoms with van der Waals surface area (Å²) in [6, 6.07) is 18.5. The Morgan fingerprint density at radius 1 is 0.846 bits per heavy atom. The quantitative estimate of drug-likeness (QED) is 0.890. The molecular formula is C20H24ClN3O2. The second-order valence-corrected chi connectivity index (χ2v) is 6.28. The Balaban J connectivity index is 0.00000243. The molecule has 0 bridgehead atoms. The molecular weight excluding hydrogens is 350 g/mol. The van der Waals surface area contributed by atoms with Crippen molar-refractivity contribution >= 4 is 24.2 Å². The van der Waals surface area contributed by atoms with Crippen molar-refractivity contribution in [1.29, 1.82) is 0 Å². The van der Waals surface area contributed by atoms with Crippen LogP contribution in [0.1, 0.15) is 15.9 Å². The van der Waals surface area contributed by atoms with Crippen LogP contribution in [0.25, 0.3) is 0 Å². The van der Waals surface area contributed by atoms with Gasteiger partial charge in [-0.05, 0) is 24.1 Å². The number of nitrogens with two attached hydrogens (primary N) is 1. The summed E-state index contributed by atoms with van der Waals surface area (Å²) in [5.74, 6) is -0.0306.